The Morgan fingerprint density at radius 3 is 2.37 bits per heavy atom. The van der Waals surface area contributed by atoms with Gasteiger partial charge in [0.25, 0.3) is 9.70 Å². The Morgan fingerprint density at radius 2 is 1.89 bits per heavy atom. The number of hydrogen-bond donors (Lipinski definition) is 2. The van der Waals surface area contributed by atoms with Crippen molar-refractivity contribution in [2.24, 2.45) is 0 Å². The molecule has 4 nitrogen and oxygen atoms in total. The first kappa shape index (κ1) is 18.3. The van der Waals surface area contributed by atoms with Crippen LogP contribution in [0.5, 0.6) is 0 Å². The molecule has 1 amide bonds. The number of allylic oxidation sites excluding steroid dienone is 2. The predicted molar refractivity (Wildman–Crippen MR) is 77.4 cm³/mol. The number of nitrogens with one attached hydrogen (secondary N) is 1. The molecular formula is C12H16Cl3NO3. The van der Waals surface area contributed by atoms with Crippen molar-refractivity contribution in [3.63, 3.8) is 0 Å². The van der Waals surface area contributed by atoms with E-state index in [0.29, 0.717) is 0 Å². The fraction of sp³-hybridized carbons (Fsp3) is 0.500. The van der Waals surface area contributed by atoms with Gasteiger partial charge in [-0.25, -0.2) is 4.79 Å². The number of aliphatic carboxylic acids is 1. The van der Waals surface area contributed by atoms with Crippen LogP contribution < -0.4 is 5.32 Å². The molecule has 0 atom stereocenters. The minimum atomic E-state index is -2.13. The standard InChI is InChI=1S/C12H16Cl3NO3/c1-2-3-4-5-6-7-9(8-10(17)18)16-11(19)12(13,14)15/h6-8H,2-5H2,1H3,(H,16,19)(H,17,18)/b7-6-,9-8+. The van der Waals surface area contributed by atoms with Crippen LogP contribution in [0.2, 0.25) is 0 Å². The minimum Gasteiger partial charge on any atom is -0.478 e. The lowest BCUT2D eigenvalue weighted by Crippen LogP contribution is -2.33. The summed E-state index contributed by atoms with van der Waals surface area (Å²) in [6.07, 6.45) is 8.05. The van der Waals surface area contributed by atoms with Gasteiger partial charge in [0.2, 0.25) is 0 Å². The van der Waals surface area contributed by atoms with Gasteiger partial charge in [0.15, 0.2) is 0 Å². The van der Waals surface area contributed by atoms with Crippen molar-refractivity contribution in [2.45, 2.75) is 36.4 Å². The summed E-state index contributed by atoms with van der Waals surface area (Å²) in [6, 6.07) is 0. The molecule has 19 heavy (non-hydrogen) atoms. The highest BCUT2D eigenvalue weighted by Crippen LogP contribution is 2.26. The number of carbonyl (C=O) groups excluding carboxylic acids is 1. The molecule has 0 saturated heterocycles. The number of carboxylic acid groups (broad SMARTS) is 1. The summed E-state index contributed by atoms with van der Waals surface area (Å²) < 4.78 is -2.13. The van der Waals surface area contributed by atoms with E-state index in [1.54, 1.807) is 6.08 Å². The number of carbonyl (C=O) groups is 2. The number of amides is 1. The Hall–Kier alpha value is -0.710. The second-order valence-corrected chi connectivity index (χ2v) is 6.07. The first-order valence-electron chi connectivity index (χ1n) is 5.76. The Bertz CT molecular complexity index is 373. The SMILES string of the molecule is CCCCC/C=C\C(=C/C(=O)O)NC(=O)C(Cl)(Cl)Cl. The molecule has 0 saturated carbocycles. The van der Waals surface area contributed by atoms with Crippen LogP contribution in [-0.2, 0) is 9.59 Å². The van der Waals surface area contributed by atoms with Gasteiger partial charge in [-0.05, 0) is 18.9 Å². The highest BCUT2D eigenvalue weighted by molar-refractivity contribution is 6.76. The lowest BCUT2D eigenvalue weighted by Gasteiger charge is -2.11. The molecule has 0 aliphatic heterocycles. The van der Waals surface area contributed by atoms with E-state index >= 15 is 0 Å². The molecule has 0 rings (SSSR count). The summed E-state index contributed by atoms with van der Waals surface area (Å²) in [5.74, 6) is -2.10. The lowest BCUT2D eigenvalue weighted by atomic mass is 10.2. The van der Waals surface area contributed by atoms with Gasteiger partial charge >= 0.3 is 5.97 Å². The maximum Gasteiger partial charge on any atom is 0.330 e. The molecule has 0 aromatic rings. The number of unbranched alkanes of at least 4 members (excludes halogenated alkanes) is 3. The van der Waals surface area contributed by atoms with E-state index in [1.165, 1.54) is 6.08 Å². The normalized spacial score (nSPS) is 12.7. The van der Waals surface area contributed by atoms with E-state index in [-0.39, 0.29) is 5.70 Å². The zero-order valence-corrected chi connectivity index (χ0v) is 12.7. The number of carboxylic acids is 1. The Kier molecular flexibility index (Phi) is 8.89. The summed E-state index contributed by atoms with van der Waals surface area (Å²) in [6.45, 7) is 2.08. The molecule has 0 fully saturated rings. The Morgan fingerprint density at radius 1 is 1.26 bits per heavy atom. The fourth-order valence-corrected chi connectivity index (χ4v) is 1.33. The van der Waals surface area contributed by atoms with E-state index in [4.69, 9.17) is 39.9 Å². The monoisotopic (exact) mass is 327 g/mol. The molecule has 0 aromatic carbocycles. The van der Waals surface area contributed by atoms with Gasteiger partial charge in [0.05, 0.1) is 0 Å². The number of halogens is 3. The molecule has 108 valence electrons. The molecule has 0 spiro atoms. The average Bonchev–Trinajstić information content (AvgIpc) is 2.26. The van der Waals surface area contributed by atoms with Crippen LogP contribution in [0.4, 0.5) is 0 Å². The second kappa shape index (κ2) is 9.23. The largest absolute Gasteiger partial charge is 0.478 e. The third-order valence-corrected chi connectivity index (χ3v) is 2.58. The zero-order valence-electron chi connectivity index (χ0n) is 10.5. The summed E-state index contributed by atoms with van der Waals surface area (Å²) in [5.41, 5.74) is 0.0697. The number of rotatable bonds is 7. The summed E-state index contributed by atoms with van der Waals surface area (Å²) in [5, 5.41) is 10.9. The first-order valence-corrected chi connectivity index (χ1v) is 6.90. The van der Waals surface area contributed by atoms with Gasteiger partial charge in [-0.1, -0.05) is 60.6 Å². The molecule has 0 aliphatic rings. The van der Waals surface area contributed by atoms with Crippen molar-refractivity contribution in [2.75, 3.05) is 0 Å². The molecule has 2 N–H and O–H groups in total. The second-order valence-electron chi connectivity index (χ2n) is 3.79. The zero-order chi connectivity index (χ0) is 14.9. The summed E-state index contributed by atoms with van der Waals surface area (Å²) in [4.78, 5) is 22.0. The van der Waals surface area contributed by atoms with Gasteiger partial charge in [0, 0.05) is 11.8 Å². The highest BCUT2D eigenvalue weighted by Gasteiger charge is 2.30. The van der Waals surface area contributed by atoms with Gasteiger partial charge < -0.3 is 10.4 Å². The van der Waals surface area contributed by atoms with E-state index in [0.717, 1.165) is 31.8 Å². The summed E-state index contributed by atoms with van der Waals surface area (Å²) in [7, 11) is 0. The van der Waals surface area contributed by atoms with Gasteiger partial charge in [-0.3, -0.25) is 4.79 Å². The number of alkyl halides is 3. The minimum absolute atomic E-state index is 0.0697. The van der Waals surface area contributed by atoms with Crippen LogP contribution in [0.1, 0.15) is 32.6 Å². The van der Waals surface area contributed by atoms with Crippen molar-refractivity contribution in [3.8, 4) is 0 Å². The quantitative estimate of drug-likeness (QED) is 0.325. The Labute approximate surface area is 127 Å². The van der Waals surface area contributed by atoms with Crippen molar-refractivity contribution < 1.29 is 14.7 Å². The van der Waals surface area contributed by atoms with E-state index in [1.807, 2.05) is 0 Å². The molecular weight excluding hydrogens is 312 g/mol. The summed E-state index contributed by atoms with van der Waals surface area (Å²) >= 11 is 16.2. The molecule has 0 aliphatic carbocycles. The van der Waals surface area contributed by atoms with E-state index < -0.39 is 15.7 Å². The first-order chi connectivity index (χ1) is 8.77. The van der Waals surface area contributed by atoms with Crippen LogP contribution >= 0.6 is 34.8 Å². The molecule has 0 radical (unpaired) electrons. The molecule has 0 heterocycles. The van der Waals surface area contributed by atoms with Crippen molar-refractivity contribution >= 4 is 46.7 Å². The van der Waals surface area contributed by atoms with Crippen LogP contribution in [0.3, 0.4) is 0 Å². The highest BCUT2D eigenvalue weighted by atomic mass is 35.6. The maximum atomic E-state index is 11.4. The van der Waals surface area contributed by atoms with Crippen LogP contribution in [-0.4, -0.2) is 20.8 Å². The molecule has 0 unspecified atom stereocenters. The van der Waals surface area contributed by atoms with E-state index in [9.17, 15) is 9.59 Å². The van der Waals surface area contributed by atoms with Crippen molar-refractivity contribution in [1.82, 2.24) is 5.32 Å². The lowest BCUT2D eigenvalue weighted by molar-refractivity contribution is -0.131. The van der Waals surface area contributed by atoms with Gasteiger partial charge in [-0.15, -0.1) is 0 Å². The molecule has 7 heteroatoms. The molecule has 0 aromatic heterocycles. The van der Waals surface area contributed by atoms with Gasteiger partial charge in [0.1, 0.15) is 0 Å². The van der Waals surface area contributed by atoms with Crippen molar-refractivity contribution in [3.05, 3.63) is 23.9 Å². The predicted octanol–water partition coefficient (Wildman–Crippen LogP) is 3.58. The smallest absolute Gasteiger partial charge is 0.330 e. The van der Waals surface area contributed by atoms with E-state index in [2.05, 4.69) is 12.2 Å². The average molecular weight is 329 g/mol. The van der Waals surface area contributed by atoms with Crippen molar-refractivity contribution in [1.29, 1.82) is 0 Å². The van der Waals surface area contributed by atoms with Crippen LogP contribution in [0.15, 0.2) is 23.9 Å². The Balaban J connectivity index is 4.58. The number of hydrogen-bond acceptors (Lipinski definition) is 2. The van der Waals surface area contributed by atoms with Gasteiger partial charge in [-0.2, -0.15) is 0 Å². The third kappa shape index (κ3) is 9.82. The third-order valence-electron chi connectivity index (χ3n) is 2.07. The maximum absolute atomic E-state index is 11.4. The molecule has 0 bridgehead atoms. The topological polar surface area (TPSA) is 66.4 Å². The van der Waals surface area contributed by atoms with Crippen LogP contribution in [0, 0.1) is 0 Å². The fourth-order valence-electron chi connectivity index (χ4n) is 1.18. The van der Waals surface area contributed by atoms with Crippen LogP contribution in [0.25, 0.3) is 0 Å².